The molecule has 0 bridgehead atoms. The summed E-state index contributed by atoms with van der Waals surface area (Å²) in [6.45, 7) is 6.36. The first-order chi connectivity index (χ1) is 9.93. The maximum Gasteiger partial charge on any atom is 0.0469 e. The zero-order valence-electron chi connectivity index (χ0n) is 13.1. The van der Waals surface area contributed by atoms with Gasteiger partial charge in [-0.3, -0.25) is 0 Å². The van der Waals surface area contributed by atoms with Gasteiger partial charge >= 0.3 is 0 Å². The predicted octanol–water partition coefficient (Wildman–Crippen LogP) is 4.20. The molecule has 0 aromatic heterocycles. The highest BCUT2D eigenvalue weighted by Gasteiger charge is 1.94. The zero-order valence-corrected chi connectivity index (χ0v) is 13.1. The number of benzene rings is 1. The molecule has 0 atom stereocenters. The zero-order chi connectivity index (χ0) is 14.3. The Bertz CT molecular complexity index is 300. The number of hydrogen-bond donors (Lipinski definition) is 1. The van der Waals surface area contributed by atoms with Gasteiger partial charge in [0.15, 0.2) is 0 Å². The van der Waals surface area contributed by atoms with Crippen molar-refractivity contribution in [1.82, 2.24) is 5.32 Å². The summed E-state index contributed by atoms with van der Waals surface area (Å²) in [7, 11) is 0. The lowest BCUT2D eigenvalue weighted by atomic mass is 10.1. The number of rotatable bonds is 13. The molecule has 114 valence electrons. The molecule has 0 heterocycles. The molecule has 0 aliphatic rings. The third-order valence-electron chi connectivity index (χ3n) is 3.42. The smallest absolute Gasteiger partial charge is 0.0469 e. The van der Waals surface area contributed by atoms with Crippen molar-refractivity contribution in [3.05, 3.63) is 35.9 Å². The Morgan fingerprint density at radius 3 is 2.40 bits per heavy atom. The van der Waals surface area contributed by atoms with Gasteiger partial charge in [-0.1, -0.05) is 50.1 Å². The molecule has 1 N–H and O–H groups in total. The van der Waals surface area contributed by atoms with E-state index < -0.39 is 0 Å². The molecule has 0 spiro atoms. The van der Waals surface area contributed by atoms with Crippen LogP contribution in [0, 0.1) is 0 Å². The van der Waals surface area contributed by atoms with Crippen molar-refractivity contribution >= 4 is 0 Å². The lowest BCUT2D eigenvalue weighted by molar-refractivity contribution is 0.127. The predicted molar refractivity (Wildman–Crippen MR) is 87.2 cm³/mol. The lowest BCUT2D eigenvalue weighted by Gasteiger charge is -2.05. The van der Waals surface area contributed by atoms with Gasteiger partial charge in [-0.05, 0) is 50.8 Å². The molecule has 0 aliphatic carbocycles. The van der Waals surface area contributed by atoms with Crippen molar-refractivity contribution < 1.29 is 4.74 Å². The minimum atomic E-state index is 0.896. The topological polar surface area (TPSA) is 21.3 Å². The highest BCUT2D eigenvalue weighted by Crippen LogP contribution is 2.03. The molecule has 1 rings (SSSR count). The van der Waals surface area contributed by atoms with Crippen LogP contribution in [0.3, 0.4) is 0 Å². The monoisotopic (exact) mass is 277 g/mol. The molecule has 2 heteroatoms. The molecule has 0 saturated heterocycles. The molecule has 20 heavy (non-hydrogen) atoms. The van der Waals surface area contributed by atoms with Gasteiger partial charge in [-0.25, -0.2) is 0 Å². The quantitative estimate of drug-likeness (QED) is 0.546. The molecule has 0 amide bonds. The first-order valence-electron chi connectivity index (χ1n) is 8.26. The summed E-state index contributed by atoms with van der Waals surface area (Å²) in [6, 6.07) is 10.6. The first kappa shape index (κ1) is 17.2. The van der Waals surface area contributed by atoms with E-state index in [1.165, 1.54) is 44.2 Å². The van der Waals surface area contributed by atoms with Crippen LogP contribution >= 0.6 is 0 Å². The molecule has 0 saturated carbocycles. The van der Waals surface area contributed by atoms with Crippen LogP contribution in [0.5, 0.6) is 0 Å². The first-order valence-corrected chi connectivity index (χ1v) is 8.26. The molecule has 1 aromatic rings. The van der Waals surface area contributed by atoms with Gasteiger partial charge in [0.05, 0.1) is 0 Å². The number of aryl methyl sites for hydroxylation is 1. The van der Waals surface area contributed by atoms with Gasteiger partial charge in [0.25, 0.3) is 0 Å². The van der Waals surface area contributed by atoms with E-state index in [2.05, 4.69) is 42.6 Å². The highest BCUT2D eigenvalue weighted by atomic mass is 16.5. The molecule has 0 unspecified atom stereocenters. The molecule has 2 nitrogen and oxygen atoms in total. The van der Waals surface area contributed by atoms with E-state index in [1.807, 2.05) is 0 Å². The summed E-state index contributed by atoms with van der Waals surface area (Å²) in [6.07, 6.45) is 8.62. The summed E-state index contributed by atoms with van der Waals surface area (Å²) >= 11 is 0. The van der Waals surface area contributed by atoms with E-state index in [1.54, 1.807) is 0 Å². The SMILES string of the molecule is CCCNCCCCCCOCCCc1ccccc1. The fourth-order valence-corrected chi connectivity index (χ4v) is 2.23. The molecule has 0 aliphatic heterocycles. The molecule has 1 aromatic carbocycles. The molecular formula is C18H31NO. The van der Waals surface area contributed by atoms with Gasteiger partial charge in [0, 0.05) is 13.2 Å². The maximum absolute atomic E-state index is 5.68. The second-order valence-corrected chi connectivity index (χ2v) is 5.37. The van der Waals surface area contributed by atoms with Gasteiger partial charge in [-0.2, -0.15) is 0 Å². The van der Waals surface area contributed by atoms with Gasteiger partial charge in [0.1, 0.15) is 0 Å². The average molecular weight is 277 g/mol. The molecule has 0 fully saturated rings. The second-order valence-electron chi connectivity index (χ2n) is 5.37. The Labute approximate surface area is 124 Å². The van der Waals surface area contributed by atoms with Crippen LogP contribution in [-0.4, -0.2) is 26.3 Å². The van der Waals surface area contributed by atoms with Crippen LogP contribution < -0.4 is 5.32 Å². The van der Waals surface area contributed by atoms with Crippen LogP contribution in [0.25, 0.3) is 0 Å². The van der Waals surface area contributed by atoms with Crippen LogP contribution in [-0.2, 0) is 11.2 Å². The van der Waals surface area contributed by atoms with Crippen molar-refractivity contribution in [3.63, 3.8) is 0 Å². The van der Waals surface area contributed by atoms with Gasteiger partial charge in [-0.15, -0.1) is 0 Å². The van der Waals surface area contributed by atoms with Gasteiger partial charge in [0.2, 0.25) is 0 Å². The van der Waals surface area contributed by atoms with Crippen LogP contribution in [0.1, 0.15) is 51.0 Å². The average Bonchev–Trinajstić information content (AvgIpc) is 2.49. The lowest BCUT2D eigenvalue weighted by Crippen LogP contribution is -2.15. The number of unbranched alkanes of at least 4 members (excludes halogenated alkanes) is 3. The van der Waals surface area contributed by atoms with Crippen LogP contribution in [0.2, 0.25) is 0 Å². The normalized spacial score (nSPS) is 10.8. The Balaban J connectivity index is 1.77. The minimum Gasteiger partial charge on any atom is -0.381 e. The van der Waals surface area contributed by atoms with E-state index in [4.69, 9.17) is 4.74 Å². The third kappa shape index (κ3) is 9.99. The summed E-state index contributed by atoms with van der Waals surface area (Å²) in [5.41, 5.74) is 1.41. The Morgan fingerprint density at radius 2 is 1.60 bits per heavy atom. The maximum atomic E-state index is 5.68. The molecular weight excluding hydrogens is 246 g/mol. The van der Waals surface area contributed by atoms with E-state index in [0.717, 1.165) is 32.6 Å². The van der Waals surface area contributed by atoms with Crippen molar-refractivity contribution in [1.29, 1.82) is 0 Å². The summed E-state index contributed by atoms with van der Waals surface area (Å²) in [5.74, 6) is 0. The van der Waals surface area contributed by atoms with E-state index in [-0.39, 0.29) is 0 Å². The van der Waals surface area contributed by atoms with E-state index in [0.29, 0.717) is 0 Å². The van der Waals surface area contributed by atoms with E-state index >= 15 is 0 Å². The van der Waals surface area contributed by atoms with Crippen molar-refractivity contribution in [3.8, 4) is 0 Å². The van der Waals surface area contributed by atoms with Crippen molar-refractivity contribution in [2.24, 2.45) is 0 Å². The Hall–Kier alpha value is -0.860. The number of hydrogen-bond acceptors (Lipinski definition) is 2. The largest absolute Gasteiger partial charge is 0.381 e. The summed E-state index contributed by atoms with van der Waals surface area (Å²) < 4.78 is 5.68. The fourth-order valence-electron chi connectivity index (χ4n) is 2.23. The number of nitrogens with one attached hydrogen (secondary N) is 1. The van der Waals surface area contributed by atoms with Crippen LogP contribution in [0.4, 0.5) is 0 Å². The minimum absolute atomic E-state index is 0.896. The third-order valence-corrected chi connectivity index (χ3v) is 3.42. The van der Waals surface area contributed by atoms with Gasteiger partial charge < -0.3 is 10.1 Å². The molecule has 0 radical (unpaired) electrons. The van der Waals surface area contributed by atoms with E-state index in [9.17, 15) is 0 Å². The number of ether oxygens (including phenoxy) is 1. The van der Waals surface area contributed by atoms with Crippen LogP contribution in [0.15, 0.2) is 30.3 Å². The van der Waals surface area contributed by atoms with Crippen molar-refractivity contribution in [2.75, 3.05) is 26.3 Å². The fraction of sp³-hybridized carbons (Fsp3) is 0.667. The Morgan fingerprint density at radius 1 is 0.850 bits per heavy atom. The summed E-state index contributed by atoms with van der Waals surface area (Å²) in [5, 5.41) is 3.44. The Kier molecular flexibility index (Phi) is 11.3. The second kappa shape index (κ2) is 13.1. The summed E-state index contributed by atoms with van der Waals surface area (Å²) in [4.78, 5) is 0. The standard InChI is InChI=1S/C18H31NO/c1-2-14-19-15-8-3-4-9-16-20-17-10-13-18-11-6-5-7-12-18/h5-7,11-12,19H,2-4,8-10,13-17H2,1H3. The highest BCUT2D eigenvalue weighted by molar-refractivity contribution is 5.14. The van der Waals surface area contributed by atoms with Crippen molar-refractivity contribution in [2.45, 2.75) is 51.9 Å².